The van der Waals surface area contributed by atoms with Gasteiger partial charge in [-0.1, -0.05) is 17.7 Å². The number of benzene rings is 1. The highest BCUT2D eigenvalue weighted by atomic mass is 32.2. The Morgan fingerprint density at radius 2 is 1.52 bits per heavy atom. The zero-order valence-electron chi connectivity index (χ0n) is 15.0. The fourth-order valence-electron chi connectivity index (χ4n) is 1.87. The molecule has 0 amide bonds. The molecule has 1 aromatic rings. The Balaban J connectivity index is 2.10. The lowest BCUT2D eigenvalue weighted by atomic mass is 10.2. The summed E-state index contributed by atoms with van der Waals surface area (Å²) in [5.74, 6) is 0. The van der Waals surface area contributed by atoms with Gasteiger partial charge in [0.15, 0.2) is 0 Å². The second-order valence-corrected chi connectivity index (χ2v) is 9.82. The second-order valence-electron chi connectivity index (χ2n) is 5.47. The molecule has 0 spiro atoms. The Morgan fingerprint density at radius 3 is 2.12 bits per heavy atom. The molecular weight excluding hydrogens is 367 g/mol. The summed E-state index contributed by atoms with van der Waals surface area (Å²) in [7, 11) is -6.32. The van der Waals surface area contributed by atoms with Crippen LogP contribution in [0, 0.1) is 6.92 Å². The molecule has 0 aromatic heterocycles. The molecule has 0 bridgehead atoms. The van der Waals surface area contributed by atoms with Gasteiger partial charge in [-0.25, -0.2) is 0 Å². The highest BCUT2D eigenvalue weighted by molar-refractivity contribution is 7.86. The maximum atomic E-state index is 11.9. The van der Waals surface area contributed by atoms with Crippen LogP contribution in [-0.4, -0.2) is 60.9 Å². The lowest BCUT2D eigenvalue weighted by Gasteiger charge is -2.12. The molecule has 0 aliphatic heterocycles. The molecule has 9 heteroatoms. The topological polar surface area (TPSA) is 88.1 Å². The minimum absolute atomic E-state index is 0.0648. The summed E-state index contributed by atoms with van der Waals surface area (Å²) in [6.07, 6.45) is 0.360. The van der Waals surface area contributed by atoms with E-state index in [1.165, 1.54) is 12.1 Å². The van der Waals surface area contributed by atoms with Crippen molar-refractivity contribution in [3.63, 3.8) is 0 Å². The molecule has 0 N–H and O–H groups in total. The zero-order valence-corrected chi connectivity index (χ0v) is 16.7. The lowest BCUT2D eigenvalue weighted by molar-refractivity contribution is 0.0413. The number of hydrogen-bond acceptors (Lipinski definition) is 7. The first-order valence-electron chi connectivity index (χ1n) is 8.09. The molecule has 25 heavy (non-hydrogen) atoms. The minimum atomic E-state index is -3.76. The van der Waals surface area contributed by atoms with Crippen LogP contribution in [0.1, 0.15) is 12.5 Å². The van der Waals surface area contributed by atoms with E-state index in [4.69, 9.17) is 18.2 Å². The van der Waals surface area contributed by atoms with Crippen molar-refractivity contribution in [1.82, 2.24) is 0 Å². The van der Waals surface area contributed by atoms with Crippen LogP contribution >= 0.6 is 7.37 Å². The SMILES string of the molecule is CCOP(C)(=O)CCOCCOCCOS(=O)(=O)c1ccc(C)cc1. The highest BCUT2D eigenvalue weighted by Gasteiger charge is 2.15. The van der Waals surface area contributed by atoms with E-state index in [0.29, 0.717) is 32.6 Å². The molecule has 1 rings (SSSR count). The Hall–Kier alpha value is -0.760. The first-order chi connectivity index (χ1) is 11.8. The van der Waals surface area contributed by atoms with Crippen LogP contribution in [0.3, 0.4) is 0 Å². The van der Waals surface area contributed by atoms with Crippen molar-refractivity contribution in [3.05, 3.63) is 29.8 Å². The van der Waals surface area contributed by atoms with Crippen LogP contribution in [0.15, 0.2) is 29.2 Å². The summed E-state index contributed by atoms with van der Waals surface area (Å²) in [6, 6.07) is 6.44. The number of rotatable bonds is 13. The van der Waals surface area contributed by atoms with Crippen molar-refractivity contribution in [2.45, 2.75) is 18.7 Å². The predicted molar refractivity (Wildman–Crippen MR) is 96.0 cm³/mol. The fraction of sp³-hybridized carbons (Fsp3) is 0.625. The van der Waals surface area contributed by atoms with Crippen molar-refractivity contribution in [2.24, 2.45) is 0 Å². The summed E-state index contributed by atoms with van der Waals surface area (Å²) >= 11 is 0. The Kier molecular flexibility index (Phi) is 9.86. The predicted octanol–water partition coefficient (Wildman–Crippen LogP) is 2.68. The fourth-order valence-corrected chi connectivity index (χ4v) is 3.89. The van der Waals surface area contributed by atoms with Gasteiger partial charge < -0.3 is 14.0 Å². The number of aryl methyl sites for hydroxylation is 1. The van der Waals surface area contributed by atoms with E-state index >= 15 is 0 Å². The van der Waals surface area contributed by atoms with E-state index in [2.05, 4.69) is 0 Å². The van der Waals surface area contributed by atoms with E-state index in [1.54, 1.807) is 25.7 Å². The Morgan fingerprint density at radius 1 is 0.960 bits per heavy atom. The molecule has 0 fully saturated rings. The summed E-state index contributed by atoms with van der Waals surface area (Å²) in [4.78, 5) is 0.125. The molecule has 1 atom stereocenters. The van der Waals surface area contributed by atoms with Crippen molar-refractivity contribution in [2.75, 3.05) is 52.5 Å². The van der Waals surface area contributed by atoms with Crippen LogP contribution in [0.2, 0.25) is 0 Å². The van der Waals surface area contributed by atoms with Crippen LogP contribution in [0.25, 0.3) is 0 Å². The Bertz CT molecular complexity index is 643. The van der Waals surface area contributed by atoms with Gasteiger partial charge in [0.25, 0.3) is 10.1 Å². The van der Waals surface area contributed by atoms with Gasteiger partial charge in [0.1, 0.15) is 0 Å². The molecule has 0 saturated carbocycles. The molecule has 144 valence electrons. The summed E-state index contributed by atoms with van der Waals surface area (Å²) in [5.41, 5.74) is 0.975. The maximum absolute atomic E-state index is 11.9. The summed E-state index contributed by atoms with van der Waals surface area (Å²) < 4.78 is 56.3. The van der Waals surface area contributed by atoms with Gasteiger partial charge in [-0.2, -0.15) is 8.42 Å². The average molecular weight is 394 g/mol. The van der Waals surface area contributed by atoms with Crippen LogP contribution in [0.4, 0.5) is 0 Å². The zero-order chi connectivity index (χ0) is 18.8. The molecule has 0 aliphatic rings. The van der Waals surface area contributed by atoms with E-state index in [1.807, 2.05) is 6.92 Å². The van der Waals surface area contributed by atoms with Crippen molar-refractivity contribution < 1.29 is 31.2 Å². The lowest BCUT2D eigenvalue weighted by Crippen LogP contribution is -2.14. The number of ether oxygens (including phenoxy) is 2. The van der Waals surface area contributed by atoms with E-state index in [9.17, 15) is 13.0 Å². The van der Waals surface area contributed by atoms with Crippen LogP contribution in [0.5, 0.6) is 0 Å². The minimum Gasteiger partial charge on any atom is -0.378 e. The second kappa shape index (κ2) is 11.1. The summed E-state index contributed by atoms with van der Waals surface area (Å²) in [5, 5.41) is 0. The van der Waals surface area contributed by atoms with Gasteiger partial charge in [-0.15, -0.1) is 0 Å². The van der Waals surface area contributed by atoms with Gasteiger partial charge in [0.2, 0.25) is 7.37 Å². The largest absolute Gasteiger partial charge is 0.378 e. The molecule has 0 aliphatic carbocycles. The third kappa shape index (κ3) is 9.49. The van der Waals surface area contributed by atoms with Gasteiger partial charge in [-0.05, 0) is 26.0 Å². The average Bonchev–Trinajstić information content (AvgIpc) is 2.53. The van der Waals surface area contributed by atoms with E-state index in [-0.39, 0.29) is 18.1 Å². The number of hydrogen-bond donors (Lipinski definition) is 0. The van der Waals surface area contributed by atoms with E-state index < -0.39 is 17.5 Å². The monoisotopic (exact) mass is 394 g/mol. The van der Waals surface area contributed by atoms with Crippen LogP contribution < -0.4 is 0 Å². The third-order valence-corrected chi connectivity index (χ3v) is 6.32. The maximum Gasteiger partial charge on any atom is 0.297 e. The molecule has 0 saturated heterocycles. The van der Waals surface area contributed by atoms with Gasteiger partial charge in [-0.3, -0.25) is 8.75 Å². The first kappa shape index (κ1) is 22.3. The molecule has 1 unspecified atom stereocenters. The van der Waals surface area contributed by atoms with E-state index in [0.717, 1.165) is 5.56 Å². The highest BCUT2D eigenvalue weighted by Crippen LogP contribution is 2.41. The normalized spacial score (nSPS) is 14.4. The van der Waals surface area contributed by atoms with Gasteiger partial charge >= 0.3 is 0 Å². The van der Waals surface area contributed by atoms with Crippen molar-refractivity contribution in [1.29, 1.82) is 0 Å². The molecule has 1 aromatic carbocycles. The summed E-state index contributed by atoms with van der Waals surface area (Å²) in [6.45, 7) is 6.72. The quantitative estimate of drug-likeness (QED) is 0.289. The standard InChI is InChI=1S/C16H27O7PS/c1-4-22-24(3,17)14-13-21-10-9-20-11-12-23-25(18,19)16-7-5-15(2)6-8-16/h5-8H,4,9-14H2,1-3H3. The third-order valence-electron chi connectivity index (χ3n) is 3.19. The van der Waals surface area contributed by atoms with Crippen molar-refractivity contribution >= 4 is 17.5 Å². The smallest absolute Gasteiger partial charge is 0.297 e. The van der Waals surface area contributed by atoms with Gasteiger partial charge in [0, 0.05) is 12.8 Å². The molecule has 7 nitrogen and oxygen atoms in total. The molecular formula is C16H27O7PS. The van der Waals surface area contributed by atoms with Crippen molar-refractivity contribution in [3.8, 4) is 0 Å². The molecule has 0 radical (unpaired) electrons. The van der Waals surface area contributed by atoms with Crippen LogP contribution in [-0.2, 0) is 32.9 Å². The van der Waals surface area contributed by atoms with Gasteiger partial charge in [0.05, 0.1) is 44.5 Å². The molecule has 0 heterocycles. The Labute approximate surface area is 150 Å². The first-order valence-corrected chi connectivity index (χ1v) is 11.8.